The summed E-state index contributed by atoms with van der Waals surface area (Å²) in [6, 6.07) is 6.04. The van der Waals surface area contributed by atoms with Crippen LogP contribution in [0.2, 0.25) is 5.02 Å². The molecule has 0 bridgehead atoms. The molecule has 96 valence electrons. The van der Waals surface area contributed by atoms with Gasteiger partial charge in [-0.05, 0) is 31.2 Å². The van der Waals surface area contributed by atoms with Gasteiger partial charge < -0.3 is 10.5 Å². The molecular formula is C13H21ClN2O. The summed E-state index contributed by atoms with van der Waals surface area (Å²) in [6.45, 7) is 6.80. The molecule has 0 saturated heterocycles. The van der Waals surface area contributed by atoms with Crippen molar-refractivity contribution >= 4 is 17.3 Å². The molecule has 17 heavy (non-hydrogen) atoms. The molecule has 0 saturated carbocycles. The molecule has 0 amide bonds. The second-order valence-corrected chi connectivity index (χ2v) is 4.65. The van der Waals surface area contributed by atoms with E-state index in [4.69, 9.17) is 22.1 Å². The third-order valence-corrected chi connectivity index (χ3v) is 3.15. The van der Waals surface area contributed by atoms with Crippen molar-refractivity contribution < 1.29 is 4.74 Å². The van der Waals surface area contributed by atoms with Crippen LogP contribution in [0.5, 0.6) is 0 Å². The SMILES string of the molecule is CCN(Cc1ccc(Cl)cc1N)C(C)COC. The number of benzene rings is 1. The van der Waals surface area contributed by atoms with Crippen LogP contribution in [0.4, 0.5) is 5.69 Å². The monoisotopic (exact) mass is 256 g/mol. The van der Waals surface area contributed by atoms with Crippen LogP contribution in [0, 0.1) is 0 Å². The highest BCUT2D eigenvalue weighted by atomic mass is 35.5. The zero-order chi connectivity index (χ0) is 12.8. The van der Waals surface area contributed by atoms with Gasteiger partial charge in [-0.3, -0.25) is 4.90 Å². The van der Waals surface area contributed by atoms with Crippen LogP contribution in [0.15, 0.2) is 18.2 Å². The van der Waals surface area contributed by atoms with Gasteiger partial charge in [-0.1, -0.05) is 24.6 Å². The van der Waals surface area contributed by atoms with Crippen molar-refractivity contribution in [3.63, 3.8) is 0 Å². The molecule has 4 heteroatoms. The Morgan fingerprint density at radius 1 is 1.47 bits per heavy atom. The van der Waals surface area contributed by atoms with E-state index in [0.29, 0.717) is 11.1 Å². The molecule has 0 aliphatic rings. The predicted molar refractivity (Wildman–Crippen MR) is 73.3 cm³/mol. The molecule has 2 N–H and O–H groups in total. The van der Waals surface area contributed by atoms with Crippen LogP contribution in [0.3, 0.4) is 0 Å². The average molecular weight is 257 g/mol. The summed E-state index contributed by atoms with van der Waals surface area (Å²) in [6.07, 6.45) is 0. The Labute approximate surface area is 109 Å². The van der Waals surface area contributed by atoms with Gasteiger partial charge in [-0.15, -0.1) is 0 Å². The number of hydrogen-bond acceptors (Lipinski definition) is 3. The van der Waals surface area contributed by atoms with E-state index >= 15 is 0 Å². The fourth-order valence-corrected chi connectivity index (χ4v) is 2.04. The number of hydrogen-bond donors (Lipinski definition) is 1. The molecule has 1 aromatic carbocycles. The molecule has 1 atom stereocenters. The van der Waals surface area contributed by atoms with Crippen LogP contribution in [0.1, 0.15) is 19.4 Å². The van der Waals surface area contributed by atoms with E-state index in [1.807, 2.05) is 12.1 Å². The molecule has 0 aromatic heterocycles. The molecule has 0 radical (unpaired) electrons. The minimum atomic E-state index is 0.375. The number of ether oxygens (including phenoxy) is 1. The maximum absolute atomic E-state index is 5.96. The third-order valence-electron chi connectivity index (χ3n) is 2.92. The van der Waals surface area contributed by atoms with Crippen LogP contribution in [-0.2, 0) is 11.3 Å². The molecular weight excluding hydrogens is 236 g/mol. The Bertz CT molecular complexity index is 357. The zero-order valence-corrected chi connectivity index (χ0v) is 11.5. The van der Waals surface area contributed by atoms with Crippen molar-refractivity contribution in [3.05, 3.63) is 28.8 Å². The van der Waals surface area contributed by atoms with E-state index in [1.165, 1.54) is 0 Å². The number of nitrogen functional groups attached to an aromatic ring is 1. The Morgan fingerprint density at radius 3 is 2.71 bits per heavy atom. The normalized spacial score (nSPS) is 13.0. The molecule has 0 fully saturated rings. The van der Waals surface area contributed by atoms with Crippen LogP contribution in [0.25, 0.3) is 0 Å². The van der Waals surface area contributed by atoms with E-state index in [9.17, 15) is 0 Å². The summed E-state index contributed by atoms with van der Waals surface area (Å²) < 4.78 is 5.18. The Morgan fingerprint density at radius 2 is 2.18 bits per heavy atom. The molecule has 1 aromatic rings. The fourth-order valence-electron chi connectivity index (χ4n) is 1.85. The lowest BCUT2D eigenvalue weighted by molar-refractivity contribution is 0.0983. The van der Waals surface area contributed by atoms with Gasteiger partial charge in [0.05, 0.1) is 6.61 Å². The first-order valence-corrected chi connectivity index (χ1v) is 6.23. The quantitative estimate of drug-likeness (QED) is 0.796. The first-order chi connectivity index (χ1) is 8.08. The van der Waals surface area contributed by atoms with Crippen molar-refractivity contribution in [2.75, 3.05) is 26.0 Å². The molecule has 1 unspecified atom stereocenters. The highest BCUT2D eigenvalue weighted by molar-refractivity contribution is 6.30. The van der Waals surface area contributed by atoms with E-state index in [-0.39, 0.29) is 0 Å². The number of likely N-dealkylation sites (N-methyl/N-ethyl adjacent to an activating group) is 1. The van der Waals surface area contributed by atoms with Crippen molar-refractivity contribution in [1.82, 2.24) is 4.90 Å². The summed E-state index contributed by atoms with van der Waals surface area (Å²) in [4.78, 5) is 2.32. The number of rotatable bonds is 6. The molecule has 0 aliphatic heterocycles. The second-order valence-electron chi connectivity index (χ2n) is 4.21. The minimum Gasteiger partial charge on any atom is -0.398 e. The zero-order valence-electron chi connectivity index (χ0n) is 10.7. The molecule has 0 aliphatic carbocycles. The topological polar surface area (TPSA) is 38.5 Å². The largest absolute Gasteiger partial charge is 0.398 e. The van der Waals surface area contributed by atoms with E-state index in [0.717, 1.165) is 30.9 Å². The lowest BCUT2D eigenvalue weighted by Crippen LogP contribution is -2.35. The lowest BCUT2D eigenvalue weighted by atomic mass is 10.1. The summed E-state index contributed by atoms with van der Waals surface area (Å²) in [7, 11) is 1.72. The number of anilines is 1. The van der Waals surface area contributed by atoms with Crippen molar-refractivity contribution in [2.45, 2.75) is 26.4 Å². The summed E-state index contributed by atoms with van der Waals surface area (Å²) in [5.41, 5.74) is 7.82. The minimum absolute atomic E-state index is 0.375. The fraction of sp³-hybridized carbons (Fsp3) is 0.538. The van der Waals surface area contributed by atoms with Gasteiger partial charge in [0.1, 0.15) is 0 Å². The van der Waals surface area contributed by atoms with Crippen LogP contribution < -0.4 is 5.73 Å². The van der Waals surface area contributed by atoms with Gasteiger partial charge in [0.25, 0.3) is 0 Å². The van der Waals surface area contributed by atoms with E-state index in [1.54, 1.807) is 13.2 Å². The summed E-state index contributed by atoms with van der Waals surface area (Å²) >= 11 is 5.89. The Hall–Kier alpha value is -0.770. The molecule has 0 heterocycles. The highest BCUT2D eigenvalue weighted by Gasteiger charge is 2.13. The Kier molecular flexibility index (Phi) is 5.75. The third kappa shape index (κ3) is 4.19. The maximum Gasteiger partial charge on any atom is 0.0615 e. The van der Waals surface area contributed by atoms with Gasteiger partial charge in [0.2, 0.25) is 0 Å². The van der Waals surface area contributed by atoms with Crippen LogP contribution >= 0.6 is 11.6 Å². The van der Waals surface area contributed by atoms with Gasteiger partial charge in [-0.25, -0.2) is 0 Å². The van der Waals surface area contributed by atoms with Gasteiger partial charge >= 0.3 is 0 Å². The standard InChI is InChI=1S/C13H21ClN2O/c1-4-16(10(2)9-17-3)8-11-5-6-12(14)7-13(11)15/h5-7,10H,4,8-9,15H2,1-3H3. The Balaban J connectivity index is 2.73. The average Bonchev–Trinajstić information content (AvgIpc) is 2.28. The maximum atomic E-state index is 5.96. The molecule has 3 nitrogen and oxygen atoms in total. The number of methoxy groups -OCH3 is 1. The number of nitrogens with zero attached hydrogens (tertiary/aromatic N) is 1. The van der Waals surface area contributed by atoms with Gasteiger partial charge in [0, 0.05) is 30.4 Å². The van der Waals surface area contributed by atoms with Crippen molar-refractivity contribution in [1.29, 1.82) is 0 Å². The smallest absolute Gasteiger partial charge is 0.0615 e. The van der Waals surface area contributed by atoms with Crippen molar-refractivity contribution in [3.8, 4) is 0 Å². The molecule has 1 rings (SSSR count). The molecule has 0 spiro atoms. The van der Waals surface area contributed by atoms with Gasteiger partial charge in [-0.2, -0.15) is 0 Å². The first-order valence-electron chi connectivity index (χ1n) is 5.85. The summed E-state index contributed by atoms with van der Waals surface area (Å²) in [5, 5.41) is 0.680. The number of halogens is 1. The van der Waals surface area contributed by atoms with E-state index < -0.39 is 0 Å². The lowest BCUT2D eigenvalue weighted by Gasteiger charge is -2.27. The summed E-state index contributed by atoms with van der Waals surface area (Å²) in [5.74, 6) is 0. The predicted octanol–water partition coefficient (Wildman–Crippen LogP) is 2.78. The van der Waals surface area contributed by atoms with Gasteiger partial charge in [0.15, 0.2) is 0 Å². The second kappa shape index (κ2) is 6.84. The van der Waals surface area contributed by atoms with Crippen LogP contribution in [-0.4, -0.2) is 31.2 Å². The van der Waals surface area contributed by atoms with E-state index in [2.05, 4.69) is 18.7 Å². The number of nitrogens with two attached hydrogens (primary N) is 1. The first kappa shape index (κ1) is 14.3. The highest BCUT2D eigenvalue weighted by Crippen LogP contribution is 2.20. The van der Waals surface area contributed by atoms with Crippen molar-refractivity contribution in [2.24, 2.45) is 0 Å².